The summed E-state index contributed by atoms with van der Waals surface area (Å²) in [6.07, 6.45) is 0.725. The molecule has 2 aliphatic rings. The van der Waals surface area contributed by atoms with Crippen LogP contribution in [0.2, 0.25) is 5.02 Å². The van der Waals surface area contributed by atoms with E-state index in [1.807, 2.05) is 7.05 Å². The largest absolute Gasteiger partial charge is 0.465 e. The Balaban J connectivity index is 1.41. The second kappa shape index (κ2) is 12.0. The Morgan fingerprint density at radius 2 is 1.88 bits per heavy atom. The number of hydrogen-bond donors (Lipinski definition) is 1. The molecule has 1 saturated heterocycles. The van der Waals surface area contributed by atoms with Gasteiger partial charge in [-0.15, -0.1) is 11.3 Å². The molecule has 2 amide bonds. The summed E-state index contributed by atoms with van der Waals surface area (Å²) in [5, 5.41) is 4.80. The molecule has 218 valence electrons. The lowest BCUT2D eigenvalue weighted by Gasteiger charge is -2.39. The predicted molar refractivity (Wildman–Crippen MR) is 154 cm³/mol. The van der Waals surface area contributed by atoms with Gasteiger partial charge < -0.3 is 19.9 Å². The molecule has 0 bridgehead atoms. The minimum absolute atomic E-state index is 0.0117. The van der Waals surface area contributed by atoms with Crippen molar-refractivity contribution in [1.29, 1.82) is 0 Å². The number of ether oxygens (including phenoxy) is 1. The van der Waals surface area contributed by atoms with E-state index in [0.717, 1.165) is 28.9 Å². The van der Waals surface area contributed by atoms with E-state index in [9.17, 15) is 22.8 Å². The third-order valence-corrected chi connectivity index (χ3v) is 10.3. The number of likely N-dealkylation sites (N-methyl/N-ethyl adjacent to an activating group) is 1. The van der Waals surface area contributed by atoms with Crippen LogP contribution in [0.1, 0.15) is 27.3 Å². The predicted octanol–water partition coefficient (Wildman–Crippen LogP) is 2.13. The van der Waals surface area contributed by atoms with Crippen molar-refractivity contribution in [2.24, 2.45) is 0 Å². The summed E-state index contributed by atoms with van der Waals surface area (Å²) in [5.41, 5.74) is 0.874. The van der Waals surface area contributed by atoms with Crippen molar-refractivity contribution < 1.29 is 27.5 Å². The number of carbonyl (C=O) groups excluding carboxylic acids is 3. The second-order valence-electron chi connectivity index (χ2n) is 9.93. The molecule has 1 atom stereocenters. The van der Waals surface area contributed by atoms with Crippen molar-refractivity contribution in [2.75, 3.05) is 46.4 Å². The van der Waals surface area contributed by atoms with Gasteiger partial charge in [0.2, 0.25) is 15.9 Å². The average molecular weight is 620 g/mol. The Morgan fingerprint density at radius 1 is 1.12 bits per heavy atom. The number of carbonyl (C=O) groups is 3. The minimum atomic E-state index is -4.02. The third-order valence-electron chi connectivity index (χ3n) is 7.14. The molecule has 2 aromatic carbocycles. The van der Waals surface area contributed by atoms with Crippen LogP contribution in [-0.2, 0) is 37.3 Å². The van der Waals surface area contributed by atoms with Gasteiger partial charge in [-0.25, -0.2) is 13.4 Å². The van der Waals surface area contributed by atoms with Crippen LogP contribution in [0.25, 0.3) is 10.8 Å². The molecular weight excluding hydrogens is 590 g/mol. The van der Waals surface area contributed by atoms with Crippen molar-refractivity contribution in [3.63, 3.8) is 0 Å². The summed E-state index contributed by atoms with van der Waals surface area (Å²) in [6.45, 7) is 2.60. The van der Waals surface area contributed by atoms with Crippen molar-refractivity contribution in [2.45, 2.75) is 30.8 Å². The molecule has 1 fully saturated rings. The lowest BCUT2D eigenvalue weighted by molar-refractivity contribution is -0.144. The Hall–Kier alpha value is -3.10. The fourth-order valence-corrected chi connectivity index (χ4v) is 7.77. The van der Waals surface area contributed by atoms with Gasteiger partial charge >= 0.3 is 5.97 Å². The molecule has 5 rings (SSSR count). The van der Waals surface area contributed by atoms with Gasteiger partial charge in [0, 0.05) is 49.0 Å². The molecular formula is C27H30ClN5O6S2. The zero-order valence-corrected chi connectivity index (χ0v) is 25.0. The van der Waals surface area contributed by atoms with E-state index >= 15 is 0 Å². The molecule has 0 spiro atoms. The highest BCUT2D eigenvalue weighted by molar-refractivity contribution is 7.89. The number of amides is 2. The Bertz CT molecular complexity index is 1610. The van der Waals surface area contributed by atoms with Gasteiger partial charge in [0.1, 0.15) is 12.6 Å². The first-order valence-electron chi connectivity index (χ1n) is 13.2. The zero-order chi connectivity index (χ0) is 29.3. The summed E-state index contributed by atoms with van der Waals surface area (Å²) in [6, 6.07) is 8.73. The number of hydrogen-bond acceptors (Lipinski definition) is 9. The first kappa shape index (κ1) is 29.4. The Labute approximate surface area is 247 Å². The van der Waals surface area contributed by atoms with E-state index in [0.29, 0.717) is 17.0 Å². The third kappa shape index (κ3) is 6.24. The molecule has 0 saturated carbocycles. The van der Waals surface area contributed by atoms with Crippen LogP contribution < -0.4 is 5.32 Å². The van der Waals surface area contributed by atoms with Gasteiger partial charge in [-0.05, 0) is 49.0 Å². The molecule has 3 heterocycles. The molecule has 14 heteroatoms. The van der Waals surface area contributed by atoms with Crippen LogP contribution in [0, 0.1) is 0 Å². The lowest BCUT2D eigenvalue weighted by Crippen LogP contribution is -2.61. The fraction of sp³-hybridized carbons (Fsp3) is 0.407. The van der Waals surface area contributed by atoms with Gasteiger partial charge in [-0.2, -0.15) is 4.31 Å². The summed E-state index contributed by atoms with van der Waals surface area (Å²) in [7, 11) is -2.02. The maximum atomic E-state index is 13.7. The maximum absolute atomic E-state index is 13.7. The van der Waals surface area contributed by atoms with Gasteiger partial charge in [-0.1, -0.05) is 23.7 Å². The van der Waals surface area contributed by atoms with Crippen LogP contribution in [0.3, 0.4) is 0 Å². The fourth-order valence-electron chi connectivity index (χ4n) is 4.97. The molecule has 0 radical (unpaired) electrons. The highest BCUT2D eigenvalue weighted by Gasteiger charge is 2.41. The van der Waals surface area contributed by atoms with E-state index in [1.54, 1.807) is 37.3 Å². The number of fused-ring (bicyclic) bond motifs is 2. The number of halogens is 1. The molecule has 3 aromatic rings. The summed E-state index contributed by atoms with van der Waals surface area (Å²) in [4.78, 5) is 48.0. The molecule has 11 nitrogen and oxygen atoms in total. The molecule has 0 aliphatic carbocycles. The van der Waals surface area contributed by atoms with E-state index in [1.165, 1.54) is 26.6 Å². The average Bonchev–Trinajstić information content (AvgIpc) is 3.38. The SMILES string of the molecule is CCOC(=O)CNC(=O)C1CN(S(=O)(=O)c2ccc3cc(Cl)ccc3c2)CCN1C(=O)c1nc2c(s1)CN(C)CC2. The van der Waals surface area contributed by atoms with E-state index in [4.69, 9.17) is 16.3 Å². The number of piperazine rings is 1. The highest BCUT2D eigenvalue weighted by Crippen LogP contribution is 2.29. The number of benzene rings is 2. The molecule has 41 heavy (non-hydrogen) atoms. The molecule has 1 aromatic heterocycles. The van der Waals surface area contributed by atoms with Crippen LogP contribution in [0.5, 0.6) is 0 Å². The van der Waals surface area contributed by atoms with Crippen LogP contribution >= 0.6 is 22.9 Å². The standard InChI is InChI=1S/C27H30ClN5O6S2/c1-3-39-24(34)14-29-25(35)22-15-32(41(37,38)20-7-5-17-12-19(28)6-4-18(17)13-20)10-11-33(22)27(36)26-30-21-8-9-31(2)16-23(21)40-26/h4-7,12-13,22H,3,8-11,14-16H2,1-2H3,(H,29,35). The Morgan fingerprint density at radius 3 is 2.66 bits per heavy atom. The lowest BCUT2D eigenvalue weighted by atomic mass is 10.1. The maximum Gasteiger partial charge on any atom is 0.325 e. The first-order chi connectivity index (χ1) is 19.6. The Kier molecular flexibility index (Phi) is 8.62. The van der Waals surface area contributed by atoms with Crippen molar-refractivity contribution in [3.05, 3.63) is 57.0 Å². The summed E-state index contributed by atoms with van der Waals surface area (Å²) in [5.74, 6) is -1.73. The normalized spacial score (nSPS) is 18.2. The van der Waals surface area contributed by atoms with Crippen LogP contribution in [0.15, 0.2) is 41.3 Å². The number of nitrogens with zero attached hydrogens (tertiary/aromatic N) is 4. The van der Waals surface area contributed by atoms with Crippen molar-refractivity contribution >= 4 is 61.5 Å². The van der Waals surface area contributed by atoms with Gasteiger partial charge in [-0.3, -0.25) is 14.4 Å². The topological polar surface area (TPSA) is 129 Å². The molecule has 1 unspecified atom stereocenters. The van der Waals surface area contributed by atoms with Gasteiger partial charge in [0.25, 0.3) is 5.91 Å². The number of sulfonamides is 1. The number of nitrogens with one attached hydrogen (secondary N) is 1. The van der Waals surface area contributed by atoms with Crippen molar-refractivity contribution in [3.8, 4) is 0 Å². The molecule has 2 aliphatic heterocycles. The minimum Gasteiger partial charge on any atom is -0.465 e. The highest BCUT2D eigenvalue weighted by atomic mass is 35.5. The van der Waals surface area contributed by atoms with E-state index < -0.39 is 40.4 Å². The van der Waals surface area contributed by atoms with Gasteiger partial charge in [0.15, 0.2) is 5.01 Å². The van der Waals surface area contributed by atoms with Crippen molar-refractivity contribution in [1.82, 2.24) is 24.4 Å². The van der Waals surface area contributed by atoms with Crippen LogP contribution in [-0.4, -0.2) is 97.7 Å². The molecule has 1 N–H and O–H groups in total. The quantitative estimate of drug-likeness (QED) is 0.398. The van der Waals surface area contributed by atoms with Crippen LogP contribution in [0.4, 0.5) is 0 Å². The van der Waals surface area contributed by atoms with E-state index in [2.05, 4.69) is 15.2 Å². The summed E-state index contributed by atoms with van der Waals surface area (Å²) >= 11 is 7.36. The monoisotopic (exact) mass is 619 g/mol. The van der Waals surface area contributed by atoms with E-state index in [-0.39, 0.29) is 36.1 Å². The summed E-state index contributed by atoms with van der Waals surface area (Å²) < 4.78 is 33.5. The number of thiazole rings is 1. The number of aromatic nitrogens is 1. The first-order valence-corrected chi connectivity index (χ1v) is 15.8. The number of rotatable bonds is 7. The second-order valence-corrected chi connectivity index (χ2v) is 13.4. The smallest absolute Gasteiger partial charge is 0.325 e. The zero-order valence-electron chi connectivity index (χ0n) is 22.6. The van der Waals surface area contributed by atoms with Gasteiger partial charge in [0.05, 0.1) is 17.2 Å². The number of esters is 1.